The first kappa shape index (κ1) is 25.0. The minimum absolute atomic E-state index is 0.954. The van der Waals surface area contributed by atoms with Crippen molar-refractivity contribution >= 4 is 7.25 Å². The van der Waals surface area contributed by atoms with Gasteiger partial charge in [0.2, 0.25) is 11.4 Å². The second kappa shape index (κ2) is 12.0. The minimum atomic E-state index is -6.00. The number of halogens is 4. The normalized spacial score (nSPS) is 10.8. The fourth-order valence-electron chi connectivity index (χ4n) is 3.75. The van der Waals surface area contributed by atoms with Crippen LogP contribution in [0.4, 0.5) is 17.3 Å². The molecule has 0 amide bonds. The first-order valence-electron chi connectivity index (χ1n) is 11.1. The lowest BCUT2D eigenvalue weighted by molar-refractivity contribution is -0.675. The zero-order valence-corrected chi connectivity index (χ0v) is 18.8. The van der Waals surface area contributed by atoms with E-state index in [-0.39, 0.29) is 0 Å². The van der Waals surface area contributed by atoms with Crippen LogP contribution in [0.25, 0.3) is 33.6 Å². The van der Waals surface area contributed by atoms with Crippen LogP contribution >= 0.6 is 0 Å². The van der Waals surface area contributed by atoms with Crippen molar-refractivity contribution in [3.63, 3.8) is 0 Å². The number of hydrogen-bond donors (Lipinski definition) is 0. The van der Waals surface area contributed by atoms with Gasteiger partial charge in [-0.3, -0.25) is 0 Å². The molecule has 0 aliphatic heterocycles. The van der Waals surface area contributed by atoms with Gasteiger partial charge in [0.05, 0.1) is 0 Å². The van der Waals surface area contributed by atoms with E-state index in [9.17, 15) is 17.3 Å². The maximum absolute atomic E-state index is 9.75. The van der Waals surface area contributed by atoms with E-state index in [2.05, 4.69) is 114 Å². The van der Waals surface area contributed by atoms with E-state index in [0.717, 1.165) is 19.4 Å². The summed E-state index contributed by atoms with van der Waals surface area (Å²) in [6.45, 7) is 4.85. The van der Waals surface area contributed by atoms with Gasteiger partial charge in [0.15, 0.2) is 0 Å². The summed E-state index contributed by atoms with van der Waals surface area (Å²) in [5.41, 5.74) is 7.44. The van der Waals surface area contributed by atoms with Crippen molar-refractivity contribution < 1.29 is 21.8 Å². The van der Waals surface area contributed by atoms with Gasteiger partial charge >= 0.3 is 7.25 Å². The number of rotatable bonds is 7. The van der Waals surface area contributed by atoms with Crippen LogP contribution in [0.3, 0.4) is 0 Å². The van der Waals surface area contributed by atoms with Crippen LogP contribution in [0.2, 0.25) is 0 Å². The molecule has 0 aliphatic rings. The molecule has 0 N–H and O–H groups in total. The zero-order chi connectivity index (χ0) is 24.4. The first-order chi connectivity index (χ1) is 16.4. The van der Waals surface area contributed by atoms with E-state index < -0.39 is 7.25 Å². The summed E-state index contributed by atoms with van der Waals surface area (Å²) in [6.07, 6.45) is 4.08. The first-order valence-corrected chi connectivity index (χ1v) is 11.1. The Balaban J connectivity index is 0.000000588. The van der Waals surface area contributed by atoms with Crippen molar-refractivity contribution in [1.82, 2.24) is 0 Å². The Morgan fingerprint density at radius 1 is 0.618 bits per heavy atom. The van der Waals surface area contributed by atoms with Crippen molar-refractivity contribution in [2.75, 3.05) is 0 Å². The van der Waals surface area contributed by atoms with Gasteiger partial charge in [-0.1, -0.05) is 72.8 Å². The molecule has 1 aromatic heterocycles. The molecular weight excluding hydrogens is 437 g/mol. The number of nitrogens with zero attached hydrogens (tertiary/aromatic N) is 1. The highest BCUT2D eigenvalue weighted by Gasteiger charge is 2.22. The molecule has 0 atom stereocenters. The van der Waals surface area contributed by atoms with Gasteiger partial charge in [0, 0.05) is 29.7 Å². The van der Waals surface area contributed by atoms with Crippen LogP contribution in [0.5, 0.6) is 0 Å². The summed E-state index contributed by atoms with van der Waals surface area (Å²) >= 11 is 0. The van der Waals surface area contributed by atoms with Gasteiger partial charge < -0.3 is 17.3 Å². The number of benzene rings is 3. The molecule has 0 spiro atoms. The third-order valence-corrected chi connectivity index (χ3v) is 5.20. The molecule has 34 heavy (non-hydrogen) atoms. The number of allylic oxidation sites excluding steroid dienone is 1. The van der Waals surface area contributed by atoms with Crippen LogP contribution in [-0.4, -0.2) is 7.25 Å². The zero-order valence-electron chi connectivity index (χ0n) is 18.8. The van der Waals surface area contributed by atoms with Gasteiger partial charge in [0.1, 0.15) is 6.54 Å². The highest BCUT2D eigenvalue weighted by Crippen LogP contribution is 2.29. The summed E-state index contributed by atoms with van der Waals surface area (Å²) < 4.78 is 41.5. The summed E-state index contributed by atoms with van der Waals surface area (Å²) in [4.78, 5) is 0. The molecule has 0 unspecified atom stereocenters. The van der Waals surface area contributed by atoms with E-state index in [0.29, 0.717) is 0 Å². The molecule has 0 saturated heterocycles. The van der Waals surface area contributed by atoms with Crippen LogP contribution in [0.1, 0.15) is 12.8 Å². The van der Waals surface area contributed by atoms with E-state index in [1.807, 2.05) is 6.08 Å². The Hall–Kier alpha value is -3.67. The van der Waals surface area contributed by atoms with E-state index in [4.69, 9.17) is 0 Å². The third kappa shape index (κ3) is 7.44. The summed E-state index contributed by atoms with van der Waals surface area (Å²) in [5, 5.41) is 0. The van der Waals surface area contributed by atoms with Crippen LogP contribution in [-0.2, 0) is 6.54 Å². The fraction of sp³-hybridized carbons (Fsp3) is 0.107. The largest absolute Gasteiger partial charge is 0.673 e. The highest BCUT2D eigenvalue weighted by molar-refractivity contribution is 6.50. The Kier molecular flexibility index (Phi) is 8.80. The maximum Gasteiger partial charge on any atom is 0.673 e. The molecule has 0 bridgehead atoms. The molecule has 0 fully saturated rings. The Morgan fingerprint density at radius 2 is 1.00 bits per heavy atom. The van der Waals surface area contributed by atoms with Crippen LogP contribution in [0.15, 0.2) is 116 Å². The molecule has 0 saturated carbocycles. The van der Waals surface area contributed by atoms with Crippen LogP contribution in [0, 0.1) is 0 Å². The molecule has 0 aliphatic carbocycles. The van der Waals surface area contributed by atoms with Crippen molar-refractivity contribution in [3.05, 3.63) is 116 Å². The van der Waals surface area contributed by atoms with Gasteiger partial charge in [-0.2, -0.15) is 4.57 Å². The average molecular weight is 463 g/mol. The van der Waals surface area contributed by atoms with Crippen molar-refractivity contribution in [3.8, 4) is 33.6 Å². The van der Waals surface area contributed by atoms with Crippen molar-refractivity contribution in [2.45, 2.75) is 19.4 Å². The predicted octanol–water partition coefficient (Wildman–Crippen LogP) is 8.24. The molecule has 1 nitrogen and oxygen atoms in total. The standard InChI is InChI=1S/C28H26N.BF4/c1-2-3-13-20-29-27(24-16-9-5-10-17-24)21-26(23-14-7-4-8-15-23)22-28(29)25-18-11-6-12-19-25;2-1(3,4)5/h2,4-12,14-19,21-22H,1,3,13,20H2;/q+1;-1. The molecule has 0 radical (unpaired) electrons. The second-order valence-electron chi connectivity index (χ2n) is 7.69. The van der Waals surface area contributed by atoms with Gasteiger partial charge in [-0.05, 0) is 41.8 Å². The molecule has 4 aromatic rings. The second-order valence-corrected chi connectivity index (χ2v) is 7.69. The molecule has 3 aromatic carbocycles. The Labute approximate surface area is 198 Å². The SMILES string of the molecule is C=CCCC[n+]1c(-c2ccccc2)cc(-c2ccccc2)cc1-c1ccccc1.F[B-](F)(F)F. The lowest BCUT2D eigenvalue weighted by Gasteiger charge is -2.13. The number of hydrogen-bond acceptors (Lipinski definition) is 0. The molecular formula is C28H26BF4N. The lowest BCUT2D eigenvalue weighted by Crippen LogP contribution is -2.39. The van der Waals surface area contributed by atoms with Gasteiger partial charge in [0.25, 0.3) is 0 Å². The number of aromatic nitrogens is 1. The molecule has 6 heteroatoms. The average Bonchev–Trinajstić information content (AvgIpc) is 2.85. The third-order valence-electron chi connectivity index (χ3n) is 5.20. The Morgan fingerprint density at radius 3 is 1.38 bits per heavy atom. The van der Waals surface area contributed by atoms with E-state index >= 15 is 0 Å². The van der Waals surface area contributed by atoms with Crippen molar-refractivity contribution in [1.29, 1.82) is 0 Å². The summed E-state index contributed by atoms with van der Waals surface area (Å²) in [5.74, 6) is 0. The maximum atomic E-state index is 9.75. The van der Waals surface area contributed by atoms with E-state index in [1.54, 1.807) is 0 Å². The molecule has 1 heterocycles. The Bertz CT molecular complexity index is 1110. The molecule has 174 valence electrons. The van der Waals surface area contributed by atoms with E-state index in [1.165, 1.54) is 33.6 Å². The monoisotopic (exact) mass is 463 g/mol. The van der Waals surface area contributed by atoms with Gasteiger partial charge in [-0.25, -0.2) is 0 Å². The number of pyridine rings is 1. The molecule has 4 rings (SSSR count). The highest BCUT2D eigenvalue weighted by atomic mass is 19.5. The smallest absolute Gasteiger partial charge is 0.418 e. The quantitative estimate of drug-likeness (QED) is 0.0855. The van der Waals surface area contributed by atoms with Crippen LogP contribution < -0.4 is 4.57 Å². The summed E-state index contributed by atoms with van der Waals surface area (Å²) in [6, 6.07) is 36.7. The minimum Gasteiger partial charge on any atom is -0.418 e. The van der Waals surface area contributed by atoms with Crippen molar-refractivity contribution in [2.24, 2.45) is 0 Å². The number of unbranched alkanes of at least 4 members (excludes halogenated alkanes) is 1. The van der Waals surface area contributed by atoms with Gasteiger partial charge in [-0.15, -0.1) is 6.58 Å². The lowest BCUT2D eigenvalue weighted by atomic mass is 9.99. The topological polar surface area (TPSA) is 3.88 Å². The predicted molar refractivity (Wildman–Crippen MR) is 133 cm³/mol. The fourth-order valence-corrected chi connectivity index (χ4v) is 3.75. The summed E-state index contributed by atoms with van der Waals surface area (Å²) in [7, 11) is -6.00.